The highest BCUT2D eigenvalue weighted by atomic mass is 35.5. The molecule has 0 aromatic heterocycles. The molecule has 2 heteroatoms. The fourth-order valence-electron chi connectivity index (χ4n) is 9.32. The van der Waals surface area contributed by atoms with Crippen LogP contribution < -0.4 is 12.4 Å². The van der Waals surface area contributed by atoms with Gasteiger partial charge in [0.05, 0.1) is 27.7 Å². The van der Waals surface area contributed by atoms with Crippen LogP contribution in [0.2, 0.25) is 0 Å². The van der Waals surface area contributed by atoms with Crippen molar-refractivity contribution in [3.63, 3.8) is 0 Å². The van der Waals surface area contributed by atoms with E-state index in [0.29, 0.717) is 0 Å². The summed E-state index contributed by atoms with van der Waals surface area (Å²) in [4.78, 5) is 0. The van der Waals surface area contributed by atoms with Crippen molar-refractivity contribution in [2.75, 3.05) is 27.7 Å². The standard InChI is InChI=1S/C56H116N.ClH/c1-5-6-7-8-9-10-11-12-13-14-15-16-17-18-19-20-21-22-23-24-25-26-27-28-29-30-31-32-33-34-35-36-37-38-39-40-41-42-43-44-45-46-47-48-49-50-51-52-53-54-55-56-57(2,3)4;/h5-56H2,1-4H3;1H/q+1;/p-1. The Kier molecular flexibility index (Phi) is 55.5. The maximum atomic E-state index is 2.31. The molecule has 0 amide bonds. The quantitative estimate of drug-likeness (QED) is 0.0423. The van der Waals surface area contributed by atoms with Crippen LogP contribution in [0.1, 0.15) is 334 Å². The fourth-order valence-corrected chi connectivity index (χ4v) is 9.32. The van der Waals surface area contributed by atoms with Crippen LogP contribution in [-0.2, 0) is 0 Å². The van der Waals surface area contributed by atoms with Crippen LogP contribution in [0.4, 0.5) is 0 Å². The molecule has 0 heterocycles. The Labute approximate surface area is 377 Å². The summed E-state index contributed by atoms with van der Waals surface area (Å²) >= 11 is 0. The van der Waals surface area contributed by atoms with Gasteiger partial charge in [0.1, 0.15) is 0 Å². The lowest BCUT2D eigenvalue weighted by Gasteiger charge is -2.23. The molecule has 58 heavy (non-hydrogen) atoms. The first kappa shape index (κ1) is 60.3. The zero-order valence-corrected chi connectivity index (χ0v) is 42.4. The van der Waals surface area contributed by atoms with Gasteiger partial charge in [0.15, 0.2) is 0 Å². The molecule has 0 aromatic carbocycles. The third-order valence-corrected chi connectivity index (χ3v) is 13.4. The number of rotatable bonds is 52. The van der Waals surface area contributed by atoms with Crippen molar-refractivity contribution < 1.29 is 16.9 Å². The minimum absolute atomic E-state index is 0. The minimum atomic E-state index is 0. The molecule has 0 unspecified atom stereocenters. The SMILES string of the molecule is CCCCCCCCCCCCCCCCCCCCCCCCCCCCCCCCCCCCCCCCCCCCCCCCCCCCC[N+](C)(C)C.[Cl-]. The van der Waals surface area contributed by atoms with E-state index in [1.807, 2.05) is 0 Å². The second-order valence-corrected chi connectivity index (χ2v) is 20.7. The molecule has 0 radical (unpaired) electrons. The van der Waals surface area contributed by atoms with Gasteiger partial charge in [-0.15, -0.1) is 0 Å². The number of hydrogen-bond donors (Lipinski definition) is 0. The third kappa shape index (κ3) is 58.3. The first-order valence-corrected chi connectivity index (χ1v) is 27.9. The Morgan fingerprint density at radius 1 is 0.172 bits per heavy atom. The molecule has 352 valence electrons. The van der Waals surface area contributed by atoms with Gasteiger partial charge in [-0.05, 0) is 12.8 Å². The van der Waals surface area contributed by atoms with E-state index >= 15 is 0 Å². The summed E-state index contributed by atoms with van der Waals surface area (Å²) in [6.45, 7) is 3.65. The Morgan fingerprint density at radius 3 is 0.379 bits per heavy atom. The van der Waals surface area contributed by atoms with Gasteiger partial charge in [0.2, 0.25) is 0 Å². The summed E-state index contributed by atoms with van der Waals surface area (Å²) in [5.74, 6) is 0. The molecule has 0 saturated heterocycles. The minimum Gasteiger partial charge on any atom is -1.00 e. The molecule has 0 aliphatic rings. The second kappa shape index (κ2) is 53.4. The van der Waals surface area contributed by atoms with Gasteiger partial charge in [-0.3, -0.25) is 0 Å². The number of nitrogens with zero attached hydrogens (tertiary/aromatic N) is 1. The maximum absolute atomic E-state index is 2.31. The molecule has 0 aliphatic heterocycles. The highest BCUT2D eigenvalue weighted by Gasteiger charge is 2.05. The van der Waals surface area contributed by atoms with Gasteiger partial charge in [-0.2, -0.15) is 0 Å². The van der Waals surface area contributed by atoms with Crippen LogP contribution in [0.5, 0.6) is 0 Å². The van der Waals surface area contributed by atoms with Gasteiger partial charge in [-0.25, -0.2) is 0 Å². The number of quaternary nitrogens is 1. The van der Waals surface area contributed by atoms with Crippen LogP contribution in [0.3, 0.4) is 0 Å². The normalized spacial score (nSPS) is 11.8. The Hall–Kier alpha value is 0.250. The van der Waals surface area contributed by atoms with Gasteiger partial charge in [0, 0.05) is 0 Å². The molecule has 0 saturated carbocycles. The zero-order valence-electron chi connectivity index (χ0n) is 41.6. The van der Waals surface area contributed by atoms with Gasteiger partial charge >= 0.3 is 0 Å². The van der Waals surface area contributed by atoms with E-state index in [2.05, 4.69) is 28.1 Å². The van der Waals surface area contributed by atoms with Crippen molar-refractivity contribution in [2.45, 2.75) is 334 Å². The summed E-state index contributed by atoms with van der Waals surface area (Å²) in [6, 6.07) is 0. The van der Waals surface area contributed by atoms with E-state index < -0.39 is 0 Å². The van der Waals surface area contributed by atoms with Gasteiger partial charge < -0.3 is 16.9 Å². The molecule has 0 atom stereocenters. The predicted octanol–water partition coefficient (Wildman–Crippen LogP) is 17.6. The predicted molar refractivity (Wildman–Crippen MR) is 264 cm³/mol. The number of halogens is 1. The Bertz CT molecular complexity index is 685. The monoisotopic (exact) mass is 838 g/mol. The summed E-state index contributed by atoms with van der Waals surface area (Å²) in [6.07, 6.45) is 75.8. The van der Waals surface area contributed by atoms with Crippen molar-refractivity contribution in [3.05, 3.63) is 0 Å². The van der Waals surface area contributed by atoms with Crippen molar-refractivity contribution in [1.29, 1.82) is 0 Å². The molecule has 0 rings (SSSR count). The molecular formula is C56H116ClN. The number of unbranched alkanes of at least 4 members (excludes halogenated alkanes) is 50. The van der Waals surface area contributed by atoms with E-state index in [9.17, 15) is 0 Å². The van der Waals surface area contributed by atoms with Crippen molar-refractivity contribution in [3.8, 4) is 0 Å². The van der Waals surface area contributed by atoms with Crippen molar-refractivity contribution in [2.24, 2.45) is 0 Å². The topological polar surface area (TPSA) is 0 Å². The molecule has 0 fully saturated rings. The summed E-state index contributed by atoms with van der Waals surface area (Å²) in [5.41, 5.74) is 0. The largest absolute Gasteiger partial charge is 1.00 e. The second-order valence-electron chi connectivity index (χ2n) is 20.7. The fraction of sp³-hybridized carbons (Fsp3) is 1.00. The average Bonchev–Trinajstić information content (AvgIpc) is 3.19. The summed E-state index contributed by atoms with van der Waals surface area (Å²) in [5, 5.41) is 0. The molecule has 0 spiro atoms. The zero-order chi connectivity index (χ0) is 41.3. The Balaban J connectivity index is 0. The van der Waals surface area contributed by atoms with E-state index in [-0.39, 0.29) is 12.4 Å². The van der Waals surface area contributed by atoms with Gasteiger partial charge in [-0.1, -0.05) is 322 Å². The molecule has 0 aliphatic carbocycles. The molecular weight excluding hydrogens is 722 g/mol. The number of hydrogen-bond acceptors (Lipinski definition) is 0. The van der Waals surface area contributed by atoms with Crippen molar-refractivity contribution in [1.82, 2.24) is 0 Å². The lowest BCUT2D eigenvalue weighted by atomic mass is 10.0. The lowest BCUT2D eigenvalue weighted by Crippen LogP contribution is -3.00. The van der Waals surface area contributed by atoms with E-state index in [4.69, 9.17) is 0 Å². The molecule has 0 bridgehead atoms. The van der Waals surface area contributed by atoms with E-state index in [1.54, 1.807) is 0 Å². The van der Waals surface area contributed by atoms with Crippen LogP contribution in [0.25, 0.3) is 0 Å². The van der Waals surface area contributed by atoms with Crippen LogP contribution >= 0.6 is 0 Å². The highest BCUT2D eigenvalue weighted by molar-refractivity contribution is 4.55. The van der Waals surface area contributed by atoms with E-state index in [1.165, 1.54) is 334 Å². The lowest BCUT2D eigenvalue weighted by molar-refractivity contribution is -0.870. The Morgan fingerprint density at radius 2 is 0.276 bits per heavy atom. The highest BCUT2D eigenvalue weighted by Crippen LogP contribution is 2.19. The summed E-state index contributed by atoms with van der Waals surface area (Å²) in [7, 11) is 6.94. The maximum Gasteiger partial charge on any atom is 0.0780 e. The molecule has 0 N–H and O–H groups in total. The van der Waals surface area contributed by atoms with Crippen LogP contribution in [-0.4, -0.2) is 32.2 Å². The average molecular weight is 839 g/mol. The first-order valence-electron chi connectivity index (χ1n) is 27.9. The molecule has 0 aromatic rings. The van der Waals surface area contributed by atoms with Crippen LogP contribution in [0, 0.1) is 0 Å². The van der Waals surface area contributed by atoms with Crippen molar-refractivity contribution >= 4 is 0 Å². The molecule has 1 nitrogen and oxygen atoms in total. The third-order valence-electron chi connectivity index (χ3n) is 13.4. The van der Waals surface area contributed by atoms with E-state index in [0.717, 1.165) is 4.48 Å². The summed E-state index contributed by atoms with van der Waals surface area (Å²) < 4.78 is 1.12. The van der Waals surface area contributed by atoms with Crippen LogP contribution in [0.15, 0.2) is 0 Å². The first-order chi connectivity index (χ1) is 28.1. The smallest absolute Gasteiger partial charge is 0.0780 e. The van der Waals surface area contributed by atoms with Gasteiger partial charge in [0.25, 0.3) is 0 Å².